The second kappa shape index (κ2) is 13.4. The lowest BCUT2D eigenvalue weighted by atomic mass is 9.79. The van der Waals surface area contributed by atoms with E-state index in [4.69, 9.17) is 13.7 Å². The number of benzene rings is 3. The summed E-state index contributed by atoms with van der Waals surface area (Å²) in [4.78, 5) is 2.09. The van der Waals surface area contributed by atoms with Gasteiger partial charge in [-0.2, -0.15) is 8.42 Å². The van der Waals surface area contributed by atoms with Gasteiger partial charge in [-0.15, -0.1) is 0 Å². The maximum Gasteiger partial charge on any atom is 0.311 e. The molecular formula is C31H35F2NO9S. The van der Waals surface area contributed by atoms with Gasteiger partial charge in [-0.1, -0.05) is 24.3 Å². The zero-order valence-corrected chi connectivity index (χ0v) is 24.6. The fraction of sp³-hybridized carbons (Fsp3) is 0.419. The van der Waals surface area contributed by atoms with E-state index in [9.17, 15) is 37.6 Å². The van der Waals surface area contributed by atoms with Gasteiger partial charge in [-0.25, -0.2) is 8.78 Å². The molecule has 0 aliphatic carbocycles. The standard InChI is InChI=1S/C31H35F2NO9S/c1-41-31-30(38)29(37)28(36)26(42-31)17-44(39,40)43-24-13-4-19(5-14-24)27-20(16-34(27)23-11-9-22(33)10-12-23)6-15-25(35)18-2-7-21(32)8-3-18/h2-5,7-14,20,25-31,35-38H,6,15-17H2,1H3/t20-,25-,26?,27+,28?,29?,30?,31?/m0/s1. The van der Waals surface area contributed by atoms with E-state index in [1.165, 1.54) is 43.5 Å². The third kappa shape index (κ3) is 7.20. The number of ether oxygens (including phenoxy) is 2. The fourth-order valence-electron chi connectivity index (χ4n) is 5.76. The van der Waals surface area contributed by atoms with E-state index in [1.54, 1.807) is 36.4 Å². The summed E-state index contributed by atoms with van der Waals surface area (Å²) in [5.41, 5.74) is 2.27. The van der Waals surface area contributed by atoms with Crippen LogP contribution in [0.3, 0.4) is 0 Å². The second-order valence-electron chi connectivity index (χ2n) is 11.1. The molecule has 10 nitrogen and oxygen atoms in total. The van der Waals surface area contributed by atoms with Crippen LogP contribution < -0.4 is 9.08 Å². The maximum atomic E-state index is 13.6. The predicted molar refractivity (Wildman–Crippen MR) is 155 cm³/mol. The van der Waals surface area contributed by atoms with E-state index < -0.39 is 52.7 Å². The van der Waals surface area contributed by atoms with Gasteiger partial charge in [-0.05, 0) is 72.5 Å². The Morgan fingerprint density at radius 2 is 1.52 bits per heavy atom. The van der Waals surface area contributed by atoms with Crippen LogP contribution in [0.25, 0.3) is 0 Å². The van der Waals surface area contributed by atoms with Crippen molar-refractivity contribution < 1.29 is 51.3 Å². The van der Waals surface area contributed by atoms with Crippen molar-refractivity contribution in [1.82, 2.24) is 0 Å². The molecule has 0 radical (unpaired) electrons. The highest BCUT2D eigenvalue weighted by Gasteiger charge is 2.46. The summed E-state index contributed by atoms with van der Waals surface area (Å²) in [5, 5.41) is 40.9. The number of rotatable bonds is 11. The quantitative estimate of drug-likeness (QED) is 0.232. The van der Waals surface area contributed by atoms with Crippen LogP contribution in [-0.4, -0.2) is 79.0 Å². The molecule has 4 N–H and O–H groups in total. The molecule has 0 bridgehead atoms. The molecule has 2 aliphatic rings. The molecule has 238 valence electrons. The van der Waals surface area contributed by atoms with Gasteiger partial charge < -0.3 is 39.0 Å². The highest BCUT2D eigenvalue weighted by Crippen LogP contribution is 2.45. The van der Waals surface area contributed by atoms with Gasteiger partial charge >= 0.3 is 10.1 Å². The van der Waals surface area contributed by atoms with Crippen LogP contribution in [0.2, 0.25) is 0 Å². The number of nitrogens with zero attached hydrogens (tertiary/aromatic N) is 1. The molecule has 3 aromatic rings. The van der Waals surface area contributed by atoms with Crippen molar-refractivity contribution in [2.24, 2.45) is 5.92 Å². The Hall–Kier alpha value is -3.17. The summed E-state index contributed by atoms with van der Waals surface area (Å²) < 4.78 is 68.0. The Kier molecular flexibility index (Phi) is 9.85. The number of hydrogen-bond acceptors (Lipinski definition) is 10. The van der Waals surface area contributed by atoms with Crippen molar-refractivity contribution in [3.05, 3.63) is 95.6 Å². The van der Waals surface area contributed by atoms with Crippen LogP contribution in [0, 0.1) is 17.6 Å². The lowest BCUT2D eigenvalue weighted by molar-refractivity contribution is -0.285. The van der Waals surface area contributed by atoms with E-state index >= 15 is 0 Å². The molecule has 2 fully saturated rings. The average molecular weight is 636 g/mol. The van der Waals surface area contributed by atoms with Crippen molar-refractivity contribution in [2.75, 3.05) is 24.3 Å². The van der Waals surface area contributed by atoms with Crippen LogP contribution in [0.4, 0.5) is 14.5 Å². The molecular weight excluding hydrogens is 600 g/mol. The molecule has 0 aromatic heterocycles. The Morgan fingerprint density at radius 3 is 2.14 bits per heavy atom. The fourth-order valence-corrected chi connectivity index (χ4v) is 6.91. The monoisotopic (exact) mass is 635 g/mol. The summed E-state index contributed by atoms with van der Waals surface area (Å²) in [6.07, 6.45) is -7.35. The number of hydrogen-bond donors (Lipinski definition) is 4. The molecule has 5 unspecified atom stereocenters. The van der Waals surface area contributed by atoms with E-state index in [0.717, 1.165) is 11.3 Å². The van der Waals surface area contributed by atoms with Crippen LogP contribution in [0.1, 0.15) is 36.1 Å². The zero-order chi connectivity index (χ0) is 31.6. The van der Waals surface area contributed by atoms with E-state index in [0.29, 0.717) is 24.9 Å². The maximum absolute atomic E-state index is 13.6. The average Bonchev–Trinajstić information content (AvgIpc) is 2.98. The summed E-state index contributed by atoms with van der Waals surface area (Å²) in [6, 6.07) is 18.1. The van der Waals surface area contributed by atoms with Crippen molar-refractivity contribution >= 4 is 15.8 Å². The van der Waals surface area contributed by atoms with Crippen LogP contribution >= 0.6 is 0 Å². The molecule has 3 aromatic carbocycles. The van der Waals surface area contributed by atoms with Crippen LogP contribution in [-0.2, 0) is 19.6 Å². The normalized spacial score (nSPS) is 27.9. The lowest BCUT2D eigenvalue weighted by Crippen LogP contribution is -2.59. The second-order valence-corrected chi connectivity index (χ2v) is 12.7. The largest absolute Gasteiger partial charge is 0.388 e. The molecule has 13 heteroatoms. The first kappa shape index (κ1) is 32.2. The Balaban J connectivity index is 1.27. The predicted octanol–water partition coefficient (Wildman–Crippen LogP) is 2.82. The van der Waals surface area contributed by atoms with Gasteiger partial charge in [-0.3, -0.25) is 0 Å². The molecule has 2 aliphatic heterocycles. The molecule has 44 heavy (non-hydrogen) atoms. The van der Waals surface area contributed by atoms with E-state index in [-0.39, 0.29) is 29.3 Å². The van der Waals surface area contributed by atoms with E-state index in [1.807, 2.05) is 0 Å². The first-order valence-corrected chi connectivity index (χ1v) is 15.7. The smallest absolute Gasteiger partial charge is 0.311 e. The number of halogens is 2. The number of anilines is 1. The minimum absolute atomic E-state index is 0.0128. The minimum atomic E-state index is -4.31. The summed E-state index contributed by atoms with van der Waals surface area (Å²) in [6.45, 7) is 0.645. The third-order valence-electron chi connectivity index (χ3n) is 8.15. The first-order chi connectivity index (χ1) is 21.0. The molecule has 8 atom stereocenters. The molecule has 0 saturated carbocycles. The van der Waals surface area contributed by atoms with Gasteiger partial charge in [0.15, 0.2) is 6.29 Å². The molecule has 2 saturated heterocycles. The highest BCUT2D eigenvalue weighted by atomic mass is 32.2. The number of methoxy groups -OCH3 is 1. The minimum Gasteiger partial charge on any atom is -0.388 e. The Morgan fingerprint density at radius 1 is 0.909 bits per heavy atom. The SMILES string of the molecule is COC1OC(CS(=O)(=O)Oc2ccc([C@@H]3[C@@H](CC[C@H](O)c4ccc(F)cc4)CN3c3ccc(F)cc3)cc2)C(O)C(O)C1O. The molecule has 2 heterocycles. The molecule has 5 rings (SSSR count). The van der Waals surface area contributed by atoms with Gasteiger partial charge in [0.25, 0.3) is 0 Å². The Labute approximate surface area is 254 Å². The number of aliphatic hydroxyl groups excluding tert-OH is 4. The topological polar surface area (TPSA) is 146 Å². The lowest BCUT2D eigenvalue weighted by Gasteiger charge is -2.50. The van der Waals surface area contributed by atoms with Crippen molar-refractivity contribution in [2.45, 2.75) is 55.7 Å². The molecule has 0 amide bonds. The van der Waals surface area contributed by atoms with Gasteiger partial charge in [0.05, 0.1) is 12.1 Å². The van der Waals surface area contributed by atoms with Gasteiger partial charge in [0.1, 0.15) is 47.6 Å². The first-order valence-electron chi connectivity index (χ1n) is 14.2. The van der Waals surface area contributed by atoms with Gasteiger partial charge in [0, 0.05) is 25.3 Å². The molecule has 0 spiro atoms. The Bertz CT molecular complexity index is 1490. The van der Waals surface area contributed by atoms with E-state index in [2.05, 4.69) is 4.90 Å². The highest BCUT2D eigenvalue weighted by molar-refractivity contribution is 7.87. The third-order valence-corrected chi connectivity index (χ3v) is 9.33. The van der Waals surface area contributed by atoms with Crippen LogP contribution in [0.15, 0.2) is 72.8 Å². The van der Waals surface area contributed by atoms with Gasteiger partial charge in [0.2, 0.25) is 0 Å². The van der Waals surface area contributed by atoms with Crippen molar-refractivity contribution in [3.63, 3.8) is 0 Å². The number of aliphatic hydroxyl groups is 4. The summed E-state index contributed by atoms with van der Waals surface area (Å²) >= 11 is 0. The summed E-state index contributed by atoms with van der Waals surface area (Å²) in [5.74, 6) is -1.43. The van der Waals surface area contributed by atoms with Crippen LogP contribution in [0.5, 0.6) is 5.75 Å². The van der Waals surface area contributed by atoms with Crippen molar-refractivity contribution in [3.8, 4) is 5.75 Å². The zero-order valence-electron chi connectivity index (χ0n) is 23.8. The summed E-state index contributed by atoms with van der Waals surface area (Å²) in [7, 11) is -3.10. The van der Waals surface area contributed by atoms with Crippen molar-refractivity contribution in [1.29, 1.82) is 0 Å².